The first-order valence-electron chi connectivity index (χ1n) is 5.83. The summed E-state index contributed by atoms with van der Waals surface area (Å²) in [5, 5.41) is 3.43. The molecule has 0 aliphatic heterocycles. The van der Waals surface area contributed by atoms with Crippen LogP contribution in [0.15, 0.2) is 27.1 Å². The van der Waals surface area contributed by atoms with Crippen LogP contribution in [0.5, 0.6) is 0 Å². The van der Waals surface area contributed by atoms with Crippen LogP contribution >= 0.6 is 31.9 Å². The van der Waals surface area contributed by atoms with Crippen LogP contribution in [0.2, 0.25) is 0 Å². The molecule has 0 aromatic heterocycles. The highest BCUT2D eigenvalue weighted by atomic mass is 79.9. The molecule has 1 atom stereocenters. The lowest BCUT2D eigenvalue weighted by molar-refractivity contribution is 0.265. The van der Waals surface area contributed by atoms with Crippen LogP contribution in [-0.4, -0.2) is 7.05 Å². The van der Waals surface area contributed by atoms with Crippen molar-refractivity contribution in [2.45, 2.75) is 31.7 Å². The Morgan fingerprint density at radius 1 is 1.38 bits per heavy atom. The van der Waals surface area contributed by atoms with E-state index in [9.17, 15) is 0 Å². The lowest BCUT2D eigenvalue weighted by Crippen LogP contribution is -2.23. The van der Waals surface area contributed by atoms with Crippen LogP contribution in [0.25, 0.3) is 0 Å². The minimum Gasteiger partial charge on any atom is -0.313 e. The quantitative estimate of drug-likeness (QED) is 0.835. The van der Waals surface area contributed by atoms with Gasteiger partial charge < -0.3 is 5.32 Å². The van der Waals surface area contributed by atoms with Gasteiger partial charge in [0.25, 0.3) is 0 Å². The highest BCUT2D eigenvalue weighted by Crippen LogP contribution is 2.37. The molecule has 0 saturated heterocycles. The Bertz CT molecular complexity index is 361. The molecule has 0 amide bonds. The Morgan fingerprint density at radius 2 is 2.12 bits per heavy atom. The van der Waals surface area contributed by atoms with E-state index in [4.69, 9.17) is 0 Å². The third-order valence-corrected chi connectivity index (χ3v) is 4.66. The number of nitrogens with one attached hydrogen (secondary N) is 1. The maximum Gasteiger partial charge on any atom is 0.0331 e. The zero-order valence-electron chi connectivity index (χ0n) is 9.47. The van der Waals surface area contributed by atoms with Crippen LogP contribution in [-0.2, 0) is 0 Å². The van der Waals surface area contributed by atoms with Gasteiger partial charge in [-0.3, -0.25) is 0 Å². The van der Waals surface area contributed by atoms with Crippen molar-refractivity contribution in [1.82, 2.24) is 5.32 Å². The molecule has 0 bridgehead atoms. The van der Waals surface area contributed by atoms with E-state index in [0.29, 0.717) is 6.04 Å². The summed E-state index contributed by atoms with van der Waals surface area (Å²) in [6.07, 6.45) is 5.50. The Balaban J connectivity index is 2.11. The Morgan fingerprint density at radius 3 is 2.62 bits per heavy atom. The fraction of sp³-hybridized carbons (Fsp3) is 0.538. The molecule has 1 fully saturated rings. The van der Waals surface area contributed by atoms with Crippen molar-refractivity contribution in [3.63, 3.8) is 0 Å². The molecule has 0 radical (unpaired) electrons. The molecule has 16 heavy (non-hydrogen) atoms. The Kier molecular flexibility index (Phi) is 4.45. The number of hydrogen-bond acceptors (Lipinski definition) is 1. The number of hydrogen-bond donors (Lipinski definition) is 1. The van der Waals surface area contributed by atoms with Crippen LogP contribution in [0, 0.1) is 5.92 Å². The smallest absolute Gasteiger partial charge is 0.0331 e. The van der Waals surface area contributed by atoms with E-state index in [1.807, 2.05) is 0 Å². The maximum absolute atomic E-state index is 3.65. The summed E-state index contributed by atoms with van der Waals surface area (Å²) in [5.41, 5.74) is 1.37. The van der Waals surface area contributed by atoms with Crippen molar-refractivity contribution in [3.8, 4) is 0 Å². The summed E-state index contributed by atoms with van der Waals surface area (Å²) in [7, 11) is 2.05. The molecular formula is C13H17Br2N. The van der Waals surface area contributed by atoms with E-state index in [1.165, 1.54) is 35.7 Å². The third-order valence-electron chi connectivity index (χ3n) is 3.48. The summed E-state index contributed by atoms with van der Waals surface area (Å²) in [4.78, 5) is 0. The zero-order valence-corrected chi connectivity index (χ0v) is 12.6. The van der Waals surface area contributed by atoms with Crippen molar-refractivity contribution >= 4 is 31.9 Å². The monoisotopic (exact) mass is 345 g/mol. The number of benzene rings is 1. The minimum absolute atomic E-state index is 0.479. The maximum atomic E-state index is 3.65. The highest BCUT2D eigenvalue weighted by molar-refractivity contribution is 9.11. The van der Waals surface area contributed by atoms with Gasteiger partial charge in [0.05, 0.1) is 0 Å². The van der Waals surface area contributed by atoms with Gasteiger partial charge in [0, 0.05) is 15.0 Å². The van der Waals surface area contributed by atoms with Gasteiger partial charge in [-0.05, 0) is 37.1 Å². The van der Waals surface area contributed by atoms with Gasteiger partial charge in [0.2, 0.25) is 0 Å². The number of halogens is 2. The van der Waals surface area contributed by atoms with Gasteiger partial charge in [-0.15, -0.1) is 0 Å². The van der Waals surface area contributed by atoms with Gasteiger partial charge in [-0.25, -0.2) is 0 Å². The zero-order chi connectivity index (χ0) is 11.5. The fourth-order valence-corrected chi connectivity index (χ4v) is 3.57. The Labute approximate surface area is 114 Å². The molecule has 1 aliphatic carbocycles. The topological polar surface area (TPSA) is 12.0 Å². The van der Waals surface area contributed by atoms with Gasteiger partial charge in [0.15, 0.2) is 0 Å². The first-order chi connectivity index (χ1) is 7.70. The molecule has 1 unspecified atom stereocenters. The summed E-state index contributed by atoms with van der Waals surface area (Å²) >= 11 is 7.14. The van der Waals surface area contributed by atoms with E-state index >= 15 is 0 Å². The van der Waals surface area contributed by atoms with Crippen LogP contribution in [0.3, 0.4) is 0 Å². The van der Waals surface area contributed by atoms with Crippen molar-refractivity contribution in [2.75, 3.05) is 7.05 Å². The molecule has 1 aromatic carbocycles. The molecule has 88 valence electrons. The van der Waals surface area contributed by atoms with Gasteiger partial charge >= 0.3 is 0 Å². The Hall–Kier alpha value is 0.140. The third kappa shape index (κ3) is 2.88. The van der Waals surface area contributed by atoms with Crippen molar-refractivity contribution in [1.29, 1.82) is 0 Å². The largest absolute Gasteiger partial charge is 0.313 e. The SMILES string of the molecule is CNC(CC1CCC1)c1ccc(Br)cc1Br. The van der Waals surface area contributed by atoms with Crippen LogP contribution in [0.4, 0.5) is 0 Å². The second-order valence-electron chi connectivity index (χ2n) is 4.54. The predicted octanol–water partition coefficient (Wildman–Crippen LogP) is 4.66. The van der Waals surface area contributed by atoms with Gasteiger partial charge in [-0.1, -0.05) is 57.2 Å². The van der Waals surface area contributed by atoms with E-state index in [1.54, 1.807) is 0 Å². The predicted molar refractivity (Wildman–Crippen MR) is 75.6 cm³/mol. The summed E-state index contributed by atoms with van der Waals surface area (Å²) in [6, 6.07) is 6.92. The molecule has 3 heteroatoms. The summed E-state index contributed by atoms with van der Waals surface area (Å²) < 4.78 is 2.32. The lowest BCUT2D eigenvalue weighted by Gasteiger charge is -2.30. The van der Waals surface area contributed by atoms with E-state index < -0.39 is 0 Å². The molecule has 1 nitrogen and oxygen atoms in total. The molecular weight excluding hydrogens is 330 g/mol. The van der Waals surface area contributed by atoms with E-state index in [2.05, 4.69) is 62.4 Å². The summed E-state index contributed by atoms with van der Waals surface area (Å²) in [6.45, 7) is 0. The molecule has 0 heterocycles. The minimum atomic E-state index is 0.479. The molecule has 1 saturated carbocycles. The summed E-state index contributed by atoms with van der Waals surface area (Å²) in [5.74, 6) is 0.924. The van der Waals surface area contributed by atoms with Crippen molar-refractivity contribution < 1.29 is 0 Å². The standard InChI is InChI=1S/C13H17Br2N/c1-16-13(7-9-3-2-4-9)11-6-5-10(14)8-12(11)15/h5-6,8-9,13,16H,2-4,7H2,1H3. The average Bonchev–Trinajstić information content (AvgIpc) is 2.18. The first-order valence-corrected chi connectivity index (χ1v) is 7.41. The second kappa shape index (κ2) is 5.65. The second-order valence-corrected chi connectivity index (χ2v) is 6.31. The van der Waals surface area contributed by atoms with E-state index in [0.717, 1.165) is 10.4 Å². The van der Waals surface area contributed by atoms with Gasteiger partial charge in [0.1, 0.15) is 0 Å². The molecule has 0 spiro atoms. The first kappa shape index (κ1) is 12.6. The average molecular weight is 347 g/mol. The van der Waals surface area contributed by atoms with Crippen molar-refractivity contribution in [2.24, 2.45) is 5.92 Å². The fourth-order valence-electron chi connectivity index (χ4n) is 2.25. The van der Waals surface area contributed by atoms with E-state index in [-0.39, 0.29) is 0 Å². The van der Waals surface area contributed by atoms with Gasteiger partial charge in [-0.2, -0.15) is 0 Å². The van der Waals surface area contributed by atoms with Crippen molar-refractivity contribution in [3.05, 3.63) is 32.7 Å². The molecule has 1 aliphatic rings. The van der Waals surface area contributed by atoms with Crippen LogP contribution < -0.4 is 5.32 Å². The highest BCUT2D eigenvalue weighted by Gasteiger charge is 2.23. The molecule has 1 N–H and O–H groups in total. The molecule has 1 aromatic rings. The molecule has 2 rings (SSSR count). The number of rotatable bonds is 4. The normalized spacial score (nSPS) is 18.2. The van der Waals surface area contributed by atoms with Crippen LogP contribution in [0.1, 0.15) is 37.3 Å². The lowest BCUT2D eigenvalue weighted by atomic mass is 9.79.